The molecule has 0 fully saturated rings. The van der Waals surface area contributed by atoms with E-state index in [-0.39, 0.29) is 11.1 Å². The van der Waals surface area contributed by atoms with E-state index >= 15 is 0 Å². The molecule has 0 amide bonds. The van der Waals surface area contributed by atoms with Crippen LogP contribution in [0, 0.1) is 6.92 Å². The summed E-state index contributed by atoms with van der Waals surface area (Å²) in [6.07, 6.45) is 3.63. The zero-order valence-electron chi connectivity index (χ0n) is 19.3. The number of aryl methyl sites for hydroxylation is 2. The highest BCUT2D eigenvalue weighted by Crippen LogP contribution is 2.37. The van der Waals surface area contributed by atoms with Gasteiger partial charge in [0.25, 0.3) is 0 Å². The highest BCUT2D eigenvalue weighted by Gasteiger charge is 2.14. The zero-order valence-corrected chi connectivity index (χ0v) is 23.9. The van der Waals surface area contributed by atoms with Crippen molar-refractivity contribution in [1.29, 1.82) is 0 Å². The number of aromatic nitrogens is 2. The summed E-state index contributed by atoms with van der Waals surface area (Å²) >= 11 is 27.1. The highest BCUT2D eigenvalue weighted by atomic mass is 79.9. The quantitative estimate of drug-likeness (QED) is 0.114. The van der Waals surface area contributed by atoms with Gasteiger partial charge in [-0.2, -0.15) is 5.10 Å². The van der Waals surface area contributed by atoms with Crippen LogP contribution >= 0.6 is 62.3 Å². The van der Waals surface area contributed by atoms with Crippen LogP contribution in [0.2, 0.25) is 10.0 Å². The summed E-state index contributed by atoms with van der Waals surface area (Å²) in [5, 5.41) is 9.10. The van der Waals surface area contributed by atoms with Crippen molar-refractivity contribution in [2.24, 2.45) is 12.2 Å². The van der Waals surface area contributed by atoms with Crippen molar-refractivity contribution in [2.45, 2.75) is 13.3 Å². The minimum Gasteiger partial charge on any atom is -0.490 e. The molecule has 0 spiro atoms. The minimum atomic E-state index is 0.115. The van der Waals surface area contributed by atoms with Crippen LogP contribution in [-0.4, -0.2) is 35.8 Å². The van der Waals surface area contributed by atoms with Crippen LogP contribution in [0.15, 0.2) is 56.6 Å². The Kier molecular flexibility index (Phi) is 11.1. The van der Waals surface area contributed by atoms with Gasteiger partial charge in [-0.15, -0.1) is 0 Å². The molecule has 0 radical (unpaired) electrons. The van der Waals surface area contributed by atoms with E-state index in [4.69, 9.17) is 65.5 Å². The van der Waals surface area contributed by atoms with Gasteiger partial charge in [0.05, 0.1) is 34.1 Å². The molecule has 2 aromatic carbocycles. The van der Waals surface area contributed by atoms with Crippen molar-refractivity contribution in [3.63, 3.8) is 0 Å². The van der Waals surface area contributed by atoms with Gasteiger partial charge in [-0.05, 0) is 37.3 Å². The summed E-state index contributed by atoms with van der Waals surface area (Å²) in [4.78, 5) is 5.38. The topological polar surface area (TPSA) is 67.1 Å². The lowest BCUT2D eigenvalue weighted by Gasteiger charge is -2.12. The molecule has 0 saturated carbocycles. The fourth-order valence-corrected chi connectivity index (χ4v) is 3.90. The van der Waals surface area contributed by atoms with Gasteiger partial charge in [0, 0.05) is 30.1 Å². The fourth-order valence-electron chi connectivity index (χ4n) is 2.94. The maximum atomic E-state index is 6.27. The Hall–Kier alpha value is -2.10. The Bertz CT molecular complexity index is 1210. The first-order valence-electron chi connectivity index (χ1n) is 10.6. The number of benzene rings is 2. The molecule has 12 heteroatoms. The normalized spacial score (nSPS) is 11.0. The molecule has 0 aliphatic carbocycles. The Morgan fingerprint density at radius 2 is 1.75 bits per heavy atom. The number of hydrogen-bond acceptors (Lipinski definition) is 6. The number of rotatable bonds is 12. The second kappa shape index (κ2) is 14.0. The predicted octanol–water partition coefficient (Wildman–Crippen LogP) is 8.11. The first kappa shape index (κ1) is 28.5. The molecule has 0 atom stereocenters. The predicted molar refractivity (Wildman–Crippen MR) is 148 cm³/mol. The van der Waals surface area contributed by atoms with E-state index in [9.17, 15) is 0 Å². The van der Waals surface area contributed by atoms with Gasteiger partial charge in [-0.25, -0.2) is 4.68 Å². The molecule has 0 aliphatic heterocycles. The third kappa shape index (κ3) is 8.49. The molecule has 36 heavy (non-hydrogen) atoms. The van der Waals surface area contributed by atoms with Crippen LogP contribution < -0.4 is 14.2 Å². The molecule has 0 unspecified atom stereocenters. The van der Waals surface area contributed by atoms with Crippen LogP contribution in [0.3, 0.4) is 0 Å². The number of hydrogen-bond donors (Lipinski definition) is 0. The second-order valence-corrected chi connectivity index (χ2v) is 10.0. The van der Waals surface area contributed by atoms with Crippen LogP contribution in [0.1, 0.15) is 17.7 Å². The summed E-state index contributed by atoms with van der Waals surface area (Å²) in [6, 6.07) is 10.7. The Morgan fingerprint density at radius 3 is 2.42 bits per heavy atom. The van der Waals surface area contributed by atoms with E-state index in [2.05, 4.69) is 26.2 Å². The smallest absolute Gasteiger partial charge is 0.226 e. The average molecular weight is 638 g/mol. The molecule has 192 valence electrons. The van der Waals surface area contributed by atoms with Crippen molar-refractivity contribution in [2.75, 3.05) is 19.8 Å². The Balaban J connectivity index is 1.48. The largest absolute Gasteiger partial charge is 0.490 e. The molecule has 0 bridgehead atoms. The third-order valence-electron chi connectivity index (χ3n) is 4.58. The number of oxime groups is 1. The van der Waals surface area contributed by atoms with Gasteiger partial charge in [0.2, 0.25) is 5.88 Å². The van der Waals surface area contributed by atoms with Crippen molar-refractivity contribution in [1.82, 2.24) is 9.78 Å². The SMILES string of the molecule is Cc1nn(C)c(Oc2ccc(Br)cc2)c1/C=N/OCCCOc1c(Cl)cc(OCC=C(Cl)Cl)cc1Cl. The van der Waals surface area contributed by atoms with Crippen LogP contribution in [0.4, 0.5) is 0 Å². The van der Waals surface area contributed by atoms with Gasteiger partial charge in [-0.3, -0.25) is 0 Å². The fraction of sp³-hybridized carbons (Fsp3) is 0.250. The minimum absolute atomic E-state index is 0.115. The lowest BCUT2D eigenvalue weighted by molar-refractivity contribution is 0.129. The summed E-state index contributed by atoms with van der Waals surface area (Å²) in [5.41, 5.74) is 1.49. The summed E-state index contributed by atoms with van der Waals surface area (Å²) in [7, 11) is 1.80. The molecule has 0 aliphatic rings. The Morgan fingerprint density at radius 1 is 1.06 bits per heavy atom. The third-order valence-corrected chi connectivity index (χ3v) is 5.98. The van der Waals surface area contributed by atoms with E-state index < -0.39 is 0 Å². The maximum Gasteiger partial charge on any atom is 0.226 e. The number of halogens is 5. The first-order valence-corrected chi connectivity index (χ1v) is 12.9. The van der Waals surface area contributed by atoms with E-state index in [1.165, 1.54) is 6.08 Å². The lowest BCUT2D eigenvalue weighted by Crippen LogP contribution is -2.03. The molecule has 1 aromatic heterocycles. The van der Waals surface area contributed by atoms with E-state index in [0.29, 0.717) is 52.8 Å². The van der Waals surface area contributed by atoms with E-state index in [0.717, 1.165) is 15.7 Å². The van der Waals surface area contributed by atoms with Gasteiger partial charge in [0.1, 0.15) is 29.2 Å². The van der Waals surface area contributed by atoms with Gasteiger partial charge in [-0.1, -0.05) is 67.5 Å². The summed E-state index contributed by atoms with van der Waals surface area (Å²) in [6.45, 7) is 2.70. The highest BCUT2D eigenvalue weighted by molar-refractivity contribution is 9.10. The van der Waals surface area contributed by atoms with Gasteiger partial charge >= 0.3 is 0 Å². The molecular formula is C24H22BrCl4N3O4. The number of ether oxygens (including phenoxy) is 3. The monoisotopic (exact) mass is 635 g/mol. The second-order valence-electron chi connectivity index (χ2n) is 7.27. The van der Waals surface area contributed by atoms with Crippen LogP contribution in [0.25, 0.3) is 0 Å². The maximum absolute atomic E-state index is 6.27. The summed E-state index contributed by atoms with van der Waals surface area (Å²) in [5.74, 6) is 2.07. The average Bonchev–Trinajstić information content (AvgIpc) is 3.08. The summed E-state index contributed by atoms with van der Waals surface area (Å²) < 4.78 is 19.9. The molecule has 1 heterocycles. The van der Waals surface area contributed by atoms with E-state index in [1.54, 1.807) is 30.1 Å². The molecule has 3 aromatic rings. The molecule has 7 nitrogen and oxygen atoms in total. The molecule has 3 rings (SSSR count). The molecular weight excluding hydrogens is 616 g/mol. The standard InChI is InChI=1S/C24H22BrCl4N3O4/c1-15-19(24(32(2)31-15)36-17-6-4-16(25)5-7-17)14-30-35-10-3-9-34-23-20(26)12-18(13-21(23)27)33-11-8-22(28)29/h4-8,12-14H,3,9-11H2,1-2H3/b30-14+. The lowest BCUT2D eigenvalue weighted by atomic mass is 10.3. The van der Waals surface area contributed by atoms with Gasteiger partial charge < -0.3 is 19.0 Å². The van der Waals surface area contributed by atoms with Gasteiger partial charge in [0.15, 0.2) is 5.75 Å². The molecule has 0 N–H and O–H groups in total. The number of nitrogens with zero attached hydrogens (tertiary/aromatic N) is 3. The first-order chi connectivity index (χ1) is 17.2. The van der Waals surface area contributed by atoms with Crippen LogP contribution in [0.5, 0.6) is 23.1 Å². The van der Waals surface area contributed by atoms with Crippen molar-refractivity contribution in [3.8, 4) is 23.1 Å². The van der Waals surface area contributed by atoms with Crippen LogP contribution in [-0.2, 0) is 11.9 Å². The Labute approximate surface area is 237 Å². The molecule has 0 saturated heterocycles. The van der Waals surface area contributed by atoms with Crippen molar-refractivity contribution >= 4 is 68.5 Å². The van der Waals surface area contributed by atoms with Crippen molar-refractivity contribution < 1.29 is 19.0 Å². The van der Waals surface area contributed by atoms with E-state index in [1.807, 2.05) is 31.2 Å². The van der Waals surface area contributed by atoms with Crippen molar-refractivity contribution in [3.05, 3.63) is 72.7 Å². The zero-order chi connectivity index (χ0) is 26.1.